The Morgan fingerprint density at radius 3 is 2.47 bits per heavy atom. The van der Waals surface area contributed by atoms with Gasteiger partial charge in [0.05, 0.1) is 32.1 Å². The fourth-order valence-electron chi connectivity index (χ4n) is 3.56. The van der Waals surface area contributed by atoms with Gasteiger partial charge in [0.15, 0.2) is 5.11 Å². The fourth-order valence-corrected chi connectivity index (χ4v) is 3.83. The second kappa shape index (κ2) is 10.4. The third-order valence-corrected chi connectivity index (χ3v) is 5.61. The molecule has 0 saturated carbocycles. The van der Waals surface area contributed by atoms with E-state index in [2.05, 4.69) is 5.32 Å². The summed E-state index contributed by atoms with van der Waals surface area (Å²) >= 11 is 5.27. The molecule has 2 amide bonds. The molecule has 0 aliphatic carbocycles. The summed E-state index contributed by atoms with van der Waals surface area (Å²) in [6, 6.07) is 14.9. The molecule has 1 aromatic heterocycles. The predicted molar refractivity (Wildman–Crippen MR) is 136 cm³/mol. The van der Waals surface area contributed by atoms with Crippen molar-refractivity contribution in [2.24, 2.45) is 0 Å². The van der Waals surface area contributed by atoms with Gasteiger partial charge in [-0.2, -0.15) is 0 Å². The zero-order valence-corrected chi connectivity index (χ0v) is 20.5. The molecule has 1 fully saturated rings. The van der Waals surface area contributed by atoms with Gasteiger partial charge in [-0.25, -0.2) is 9.69 Å². The number of esters is 1. The number of carbonyl (C=O) groups is 3. The van der Waals surface area contributed by atoms with Gasteiger partial charge in [0.25, 0.3) is 11.8 Å². The highest BCUT2D eigenvalue weighted by Crippen LogP contribution is 2.34. The summed E-state index contributed by atoms with van der Waals surface area (Å²) in [5, 5.41) is 2.45. The minimum absolute atomic E-state index is 0.0764. The van der Waals surface area contributed by atoms with Crippen LogP contribution < -0.4 is 19.7 Å². The fraction of sp³-hybridized carbons (Fsp3) is 0.154. The van der Waals surface area contributed by atoms with Crippen molar-refractivity contribution in [2.45, 2.75) is 6.92 Å². The number of methoxy groups -OCH3 is 2. The van der Waals surface area contributed by atoms with Crippen LogP contribution in [0.3, 0.4) is 0 Å². The first kappa shape index (κ1) is 24.7. The van der Waals surface area contributed by atoms with Gasteiger partial charge in [-0.1, -0.05) is 12.1 Å². The van der Waals surface area contributed by atoms with E-state index in [0.29, 0.717) is 34.1 Å². The van der Waals surface area contributed by atoms with E-state index in [-0.39, 0.29) is 23.1 Å². The smallest absolute Gasteiger partial charge is 0.338 e. The molecule has 1 aliphatic rings. The van der Waals surface area contributed by atoms with Crippen LogP contribution in [0.5, 0.6) is 11.5 Å². The van der Waals surface area contributed by atoms with Gasteiger partial charge in [0, 0.05) is 11.6 Å². The van der Waals surface area contributed by atoms with Crippen LogP contribution in [0.4, 0.5) is 5.69 Å². The number of hydrogen-bond acceptors (Lipinski definition) is 8. The normalized spacial score (nSPS) is 14.6. The molecular formula is C26H22N2O7S. The number of anilines is 1. The van der Waals surface area contributed by atoms with E-state index in [0.717, 1.165) is 0 Å². The summed E-state index contributed by atoms with van der Waals surface area (Å²) < 4.78 is 21.4. The maximum Gasteiger partial charge on any atom is 0.338 e. The van der Waals surface area contributed by atoms with Gasteiger partial charge in [0.2, 0.25) is 0 Å². The SMILES string of the molecule is CCOC(=O)c1ccc(-c2ccc(/C=C3\C(=O)NC(=S)N(c4ccc(OC)cc4OC)C3=O)o2)cc1. The lowest BCUT2D eigenvalue weighted by Gasteiger charge is -2.29. The van der Waals surface area contributed by atoms with Crippen molar-refractivity contribution in [3.05, 3.63) is 71.5 Å². The van der Waals surface area contributed by atoms with E-state index in [9.17, 15) is 14.4 Å². The molecule has 1 N–H and O–H groups in total. The maximum atomic E-state index is 13.3. The van der Waals surface area contributed by atoms with Crippen LogP contribution >= 0.6 is 12.2 Å². The number of nitrogens with one attached hydrogen (secondary N) is 1. The van der Waals surface area contributed by atoms with Crippen molar-refractivity contribution in [2.75, 3.05) is 25.7 Å². The van der Waals surface area contributed by atoms with Crippen LogP contribution in [-0.4, -0.2) is 43.7 Å². The van der Waals surface area contributed by atoms with E-state index < -0.39 is 17.8 Å². The van der Waals surface area contributed by atoms with Gasteiger partial charge >= 0.3 is 5.97 Å². The van der Waals surface area contributed by atoms with E-state index in [4.69, 9.17) is 30.8 Å². The average molecular weight is 507 g/mol. The van der Waals surface area contributed by atoms with Crippen molar-refractivity contribution in [1.29, 1.82) is 0 Å². The second-order valence-electron chi connectivity index (χ2n) is 7.50. The zero-order valence-electron chi connectivity index (χ0n) is 19.7. The third-order valence-electron chi connectivity index (χ3n) is 5.32. The van der Waals surface area contributed by atoms with E-state index in [1.54, 1.807) is 61.5 Å². The van der Waals surface area contributed by atoms with Gasteiger partial charge in [0.1, 0.15) is 28.6 Å². The predicted octanol–water partition coefficient (Wildman–Crippen LogP) is 3.97. The Kier molecular flexibility index (Phi) is 7.16. The van der Waals surface area contributed by atoms with E-state index in [1.165, 1.54) is 25.2 Å². The quantitative estimate of drug-likeness (QED) is 0.222. The lowest BCUT2D eigenvalue weighted by molar-refractivity contribution is -0.122. The zero-order chi connectivity index (χ0) is 25.8. The number of furan rings is 1. The van der Waals surface area contributed by atoms with Crippen LogP contribution in [0, 0.1) is 0 Å². The van der Waals surface area contributed by atoms with E-state index in [1.807, 2.05) is 0 Å². The number of ether oxygens (including phenoxy) is 3. The van der Waals surface area contributed by atoms with Crippen molar-refractivity contribution in [3.63, 3.8) is 0 Å². The number of rotatable bonds is 7. The molecule has 3 aromatic rings. The maximum absolute atomic E-state index is 13.3. The van der Waals surface area contributed by atoms with Crippen molar-refractivity contribution in [1.82, 2.24) is 5.32 Å². The molecule has 1 aliphatic heterocycles. The van der Waals surface area contributed by atoms with Crippen LogP contribution in [0.15, 0.2) is 64.6 Å². The highest BCUT2D eigenvalue weighted by molar-refractivity contribution is 7.80. The summed E-state index contributed by atoms with van der Waals surface area (Å²) in [6.07, 6.45) is 1.35. The molecule has 0 radical (unpaired) electrons. The Morgan fingerprint density at radius 1 is 1.06 bits per heavy atom. The molecule has 0 bridgehead atoms. The lowest BCUT2D eigenvalue weighted by Crippen LogP contribution is -2.54. The molecule has 1 saturated heterocycles. The summed E-state index contributed by atoms with van der Waals surface area (Å²) in [6.45, 7) is 2.03. The van der Waals surface area contributed by atoms with Gasteiger partial charge < -0.3 is 18.6 Å². The minimum atomic E-state index is -0.648. The molecule has 2 heterocycles. The number of benzene rings is 2. The summed E-state index contributed by atoms with van der Waals surface area (Å²) in [4.78, 5) is 39.0. The topological polar surface area (TPSA) is 107 Å². The van der Waals surface area contributed by atoms with Gasteiger partial charge in [-0.15, -0.1) is 0 Å². The van der Waals surface area contributed by atoms with Gasteiger partial charge in [-0.3, -0.25) is 14.9 Å². The van der Waals surface area contributed by atoms with Crippen molar-refractivity contribution in [3.8, 4) is 22.8 Å². The molecule has 4 rings (SSSR count). The number of carbonyl (C=O) groups excluding carboxylic acids is 3. The number of hydrogen-bond donors (Lipinski definition) is 1. The first-order chi connectivity index (χ1) is 17.4. The summed E-state index contributed by atoms with van der Waals surface area (Å²) in [5.41, 5.74) is 1.31. The van der Waals surface area contributed by atoms with Crippen LogP contribution in [0.1, 0.15) is 23.0 Å². The Labute approximate surface area is 212 Å². The van der Waals surface area contributed by atoms with Crippen molar-refractivity contribution < 1.29 is 33.0 Å². The number of amides is 2. The number of nitrogens with zero attached hydrogens (tertiary/aromatic N) is 1. The van der Waals surface area contributed by atoms with Crippen LogP contribution in [0.2, 0.25) is 0 Å². The minimum Gasteiger partial charge on any atom is -0.497 e. The first-order valence-electron chi connectivity index (χ1n) is 10.9. The summed E-state index contributed by atoms with van der Waals surface area (Å²) in [7, 11) is 2.97. The molecule has 2 aromatic carbocycles. The molecule has 36 heavy (non-hydrogen) atoms. The highest BCUT2D eigenvalue weighted by atomic mass is 32.1. The molecule has 0 unspecified atom stereocenters. The standard InChI is InChI=1S/C26H22N2O7S/c1-4-34-25(31)16-7-5-15(6-8-16)21-12-10-18(35-21)13-19-23(29)27-26(36)28(24(19)30)20-11-9-17(32-2)14-22(20)33-3/h5-14H,4H2,1-3H3,(H,27,29,36)/b19-13+. The highest BCUT2D eigenvalue weighted by Gasteiger charge is 2.36. The largest absolute Gasteiger partial charge is 0.497 e. The van der Waals surface area contributed by atoms with Crippen LogP contribution in [-0.2, 0) is 14.3 Å². The molecule has 0 atom stereocenters. The Balaban J connectivity index is 1.62. The molecule has 9 nitrogen and oxygen atoms in total. The Hall–Kier alpha value is -4.44. The third kappa shape index (κ3) is 4.84. The average Bonchev–Trinajstić information content (AvgIpc) is 3.35. The Bertz CT molecular complexity index is 1380. The molecule has 0 spiro atoms. The van der Waals surface area contributed by atoms with Crippen LogP contribution in [0.25, 0.3) is 17.4 Å². The molecule has 184 valence electrons. The second-order valence-corrected chi connectivity index (χ2v) is 7.88. The van der Waals surface area contributed by atoms with Crippen molar-refractivity contribution >= 4 is 46.9 Å². The molecular weight excluding hydrogens is 484 g/mol. The monoisotopic (exact) mass is 506 g/mol. The molecule has 10 heteroatoms. The first-order valence-corrected chi connectivity index (χ1v) is 11.3. The van der Waals surface area contributed by atoms with E-state index >= 15 is 0 Å². The lowest BCUT2D eigenvalue weighted by atomic mass is 10.1. The Morgan fingerprint density at radius 2 is 1.81 bits per heavy atom. The number of thiocarbonyl (C=S) groups is 1. The van der Waals surface area contributed by atoms with Gasteiger partial charge in [-0.05, 0) is 61.6 Å². The summed E-state index contributed by atoms with van der Waals surface area (Å²) in [5.74, 6) is -0.0463.